The molecule has 1 N–H and O–H groups in total. The maximum Gasteiger partial charge on any atom is 0.0595 e. The summed E-state index contributed by atoms with van der Waals surface area (Å²) < 4.78 is 0. The second kappa shape index (κ2) is 6.37. The van der Waals surface area contributed by atoms with Crippen molar-refractivity contribution in [2.45, 2.75) is 38.0 Å². The highest BCUT2D eigenvalue weighted by atomic mass is 35.5. The van der Waals surface area contributed by atoms with Gasteiger partial charge in [-0.1, -0.05) is 26.2 Å². The van der Waals surface area contributed by atoms with E-state index in [4.69, 9.17) is 16.7 Å². The van der Waals surface area contributed by atoms with Gasteiger partial charge in [0.25, 0.3) is 0 Å². The van der Waals surface area contributed by atoms with Gasteiger partial charge in [-0.3, -0.25) is 0 Å². The van der Waals surface area contributed by atoms with Gasteiger partial charge in [-0.05, 0) is 6.42 Å². The summed E-state index contributed by atoms with van der Waals surface area (Å²) in [6.45, 7) is 2.27. The zero-order valence-electron chi connectivity index (χ0n) is 5.94. The molecule has 0 radical (unpaired) electrons. The van der Waals surface area contributed by atoms with Crippen molar-refractivity contribution in [1.29, 1.82) is 0 Å². The van der Waals surface area contributed by atoms with Crippen LogP contribution in [0, 0.1) is 0 Å². The van der Waals surface area contributed by atoms with Crippen molar-refractivity contribution in [1.82, 2.24) is 0 Å². The van der Waals surface area contributed by atoms with Gasteiger partial charge in [0.1, 0.15) is 0 Å². The fraction of sp³-hybridized carbons (Fsp3) is 1.00. The van der Waals surface area contributed by atoms with E-state index >= 15 is 0 Å². The maximum atomic E-state index is 8.50. The van der Waals surface area contributed by atoms with Crippen LogP contribution in [-0.2, 0) is 0 Å². The molecule has 0 amide bonds. The Morgan fingerprint density at radius 1 is 1.44 bits per heavy atom. The summed E-state index contributed by atoms with van der Waals surface area (Å²) in [6, 6.07) is 0. The molecule has 0 aliphatic heterocycles. The fourth-order valence-electron chi connectivity index (χ4n) is 0.707. The van der Waals surface area contributed by atoms with Crippen molar-refractivity contribution in [3.63, 3.8) is 0 Å². The Labute approximate surface area is 62.0 Å². The number of aliphatic hydroxyl groups is 1. The second-order valence-electron chi connectivity index (χ2n) is 2.28. The van der Waals surface area contributed by atoms with Crippen LogP contribution in [0.3, 0.4) is 0 Å². The lowest BCUT2D eigenvalue weighted by molar-refractivity contribution is 0.286. The number of hydrogen-bond acceptors (Lipinski definition) is 1. The van der Waals surface area contributed by atoms with Gasteiger partial charge in [0.2, 0.25) is 0 Å². The Kier molecular flexibility index (Phi) is 6.55. The topological polar surface area (TPSA) is 20.2 Å². The summed E-state index contributed by atoms with van der Waals surface area (Å²) in [5, 5.41) is 8.49. The normalized spacial score (nSPS) is 13.7. The van der Waals surface area contributed by atoms with Crippen LogP contribution in [-0.4, -0.2) is 17.1 Å². The molecule has 0 unspecified atom stereocenters. The third-order valence-electron chi connectivity index (χ3n) is 1.32. The molecular weight excluding hydrogens is 136 g/mol. The zero-order valence-corrected chi connectivity index (χ0v) is 6.69. The third-order valence-corrected chi connectivity index (χ3v) is 1.68. The SMILES string of the molecule is CCCCC[C@@H](Cl)CO. The van der Waals surface area contributed by atoms with Crippen LogP contribution in [0.4, 0.5) is 0 Å². The van der Waals surface area contributed by atoms with Gasteiger partial charge in [-0.15, -0.1) is 11.6 Å². The Bertz CT molecular complexity index is 56.9. The fourth-order valence-corrected chi connectivity index (χ4v) is 0.861. The minimum absolute atomic E-state index is 0.0171. The molecule has 0 saturated heterocycles. The Balaban J connectivity index is 2.88. The number of alkyl halides is 1. The van der Waals surface area contributed by atoms with E-state index in [9.17, 15) is 0 Å². The van der Waals surface area contributed by atoms with Crippen molar-refractivity contribution >= 4 is 11.6 Å². The molecule has 56 valence electrons. The summed E-state index contributed by atoms with van der Waals surface area (Å²) >= 11 is 5.65. The highest BCUT2D eigenvalue weighted by Crippen LogP contribution is 2.07. The quantitative estimate of drug-likeness (QED) is 0.471. The van der Waals surface area contributed by atoms with Crippen LogP contribution >= 0.6 is 11.6 Å². The van der Waals surface area contributed by atoms with E-state index in [1.165, 1.54) is 12.8 Å². The standard InChI is InChI=1S/C7H15ClO/c1-2-3-4-5-7(8)6-9/h7,9H,2-6H2,1H3/t7-/m1/s1. The second-order valence-corrected chi connectivity index (χ2v) is 2.89. The average Bonchev–Trinajstić information content (AvgIpc) is 1.89. The maximum absolute atomic E-state index is 8.50. The molecule has 0 aliphatic carbocycles. The van der Waals surface area contributed by atoms with E-state index in [2.05, 4.69) is 6.92 Å². The van der Waals surface area contributed by atoms with Crippen molar-refractivity contribution in [2.75, 3.05) is 6.61 Å². The van der Waals surface area contributed by atoms with Crippen molar-refractivity contribution in [3.05, 3.63) is 0 Å². The van der Waals surface area contributed by atoms with E-state index in [1.54, 1.807) is 0 Å². The summed E-state index contributed by atoms with van der Waals surface area (Å²) in [5.41, 5.74) is 0. The van der Waals surface area contributed by atoms with Gasteiger partial charge in [0, 0.05) is 0 Å². The number of halogens is 1. The van der Waals surface area contributed by atoms with Crippen molar-refractivity contribution in [2.24, 2.45) is 0 Å². The van der Waals surface area contributed by atoms with E-state index in [0.29, 0.717) is 0 Å². The minimum atomic E-state index is -0.0171. The molecular formula is C7H15ClO. The zero-order chi connectivity index (χ0) is 7.11. The summed E-state index contributed by atoms with van der Waals surface area (Å²) in [5.74, 6) is 0. The predicted octanol–water partition coefficient (Wildman–Crippen LogP) is 2.17. The van der Waals surface area contributed by atoms with Gasteiger partial charge in [-0.2, -0.15) is 0 Å². The first-order chi connectivity index (χ1) is 4.31. The monoisotopic (exact) mass is 150 g/mol. The number of rotatable bonds is 5. The highest BCUT2D eigenvalue weighted by Gasteiger charge is 1.99. The molecule has 0 aromatic rings. The Morgan fingerprint density at radius 2 is 2.11 bits per heavy atom. The van der Waals surface area contributed by atoms with E-state index in [-0.39, 0.29) is 12.0 Å². The molecule has 0 spiro atoms. The lowest BCUT2D eigenvalue weighted by atomic mass is 10.2. The van der Waals surface area contributed by atoms with Crippen LogP contribution in [0.2, 0.25) is 0 Å². The molecule has 0 saturated carbocycles. The number of unbranched alkanes of at least 4 members (excludes halogenated alkanes) is 2. The largest absolute Gasteiger partial charge is 0.395 e. The smallest absolute Gasteiger partial charge is 0.0595 e. The minimum Gasteiger partial charge on any atom is -0.395 e. The number of aliphatic hydroxyl groups excluding tert-OH is 1. The average molecular weight is 151 g/mol. The molecule has 0 aliphatic rings. The summed E-state index contributed by atoms with van der Waals surface area (Å²) in [7, 11) is 0. The third kappa shape index (κ3) is 6.13. The lowest BCUT2D eigenvalue weighted by Gasteiger charge is -2.02. The number of hydrogen-bond donors (Lipinski definition) is 1. The predicted molar refractivity (Wildman–Crippen MR) is 40.9 cm³/mol. The lowest BCUT2D eigenvalue weighted by Crippen LogP contribution is -2.03. The molecule has 2 heteroatoms. The van der Waals surface area contributed by atoms with E-state index in [1.807, 2.05) is 0 Å². The highest BCUT2D eigenvalue weighted by molar-refractivity contribution is 6.20. The molecule has 0 fully saturated rings. The van der Waals surface area contributed by atoms with Crippen LogP contribution in [0.5, 0.6) is 0 Å². The molecule has 9 heavy (non-hydrogen) atoms. The van der Waals surface area contributed by atoms with Crippen LogP contribution in [0.25, 0.3) is 0 Å². The first-order valence-electron chi connectivity index (χ1n) is 3.56. The molecule has 1 nitrogen and oxygen atoms in total. The van der Waals surface area contributed by atoms with Crippen LogP contribution in [0.15, 0.2) is 0 Å². The van der Waals surface area contributed by atoms with Gasteiger partial charge < -0.3 is 5.11 Å². The van der Waals surface area contributed by atoms with Crippen molar-refractivity contribution < 1.29 is 5.11 Å². The van der Waals surface area contributed by atoms with Gasteiger partial charge in [-0.25, -0.2) is 0 Å². The van der Waals surface area contributed by atoms with E-state index < -0.39 is 0 Å². The Hall–Kier alpha value is 0.250. The Morgan fingerprint density at radius 3 is 2.56 bits per heavy atom. The molecule has 0 rings (SSSR count). The van der Waals surface area contributed by atoms with Gasteiger partial charge >= 0.3 is 0 Å². The van der Waals surface area contributed by atoms with Gasteiger partial charge in [0.15, 0.2) is 0 Å². The molecule has 0 aromatic heterocycles. The first kappa shape index (κ1) is 9.25. The summed E-state index contributed by atoms with van der Waals surface area (Å²) in [6.07, 6.45) is 4.54. The van der Waals surface area contributed by atoms with Crippen LogP contribution in [0.1, 0.15) is 32.6 Å². The molecule has 0 aromatic carbocycles. The molecule has 1 atom stereocenters. The summed E-state index contributed by atoms with van der Waals surface area (Å²) in [4.78, 5) is 0. The van der Waals surface area contributed by atoms with Crippen molar-refractivity contribution in [3.8, 4) is 0 Å². The van der Waals surface area contributed by atoms with E-state index in [0.717, 1.165) is 12.8 Å². The molecule has 0 heterocycles. The molecule has 0 bridgehead atoms. The van der Waals surface area contributed by atoms with Gasteiger partial charge in [0.05, 0.1) is 12.0 Å². The van der Waals surface area contributed by atoms with Crippen LogP contribution < -0.4 is 0 Å². The first-order valence-corrected chi connectivity index (χ1v) is 3.99.